The summed E-state index contributed by atoms with van der Waals surface area (Å²) in [5, 5.41) is 2.55. The van der Waals surface area contributed by atoms with Gasteiger partial charge >= 0.3 is 0 Å². The van der Waals surface area contributed by atoms with Gasteiger partial charge in [0.1, 0.15) is 0 Å². The Labute approximate surface area is 107 Å². The average molecular weight is 238 g/mol. The maximum atomic E-state index is 4.62. The standard InChI is InChI=1S/C16H14S/c1-11-7-9-14-13-6-4-2-3-5-12(13)8-10-15(14)16(11)17/h2-4,6-10,17H,5H2,1H3. The Morgan fingerprint density at radius 2 is 1.82 bits per heavy atom. The van der Waals surface area contributed by atoms with Crippen molar-refractivity contribution in [2.75, 3.05) is 0 Å². The van der Waals surface area contributed by atoms with Gasteiger partial charge in [0, 0.05) is 4.90 Å². The predicted octanol–water partition coefficient (Wildman–Crippen LogP) is 4.56. The van der Waals surface area contributed by atoms with Gasteiger partial charge in [0.15, 0.2) is 0 Å². The molecule has 0 saturated carbocycles. The number of hydrogen-bond donors (Lipinski definition) is 1. The fourth-order valence-electron chi connectivity index (χ4n) is 2.37. The van der Waals surface area contributed by atoms with Crippen molar-refractivity contribution in [2.24, 2.45) is 0 Å². The van der Waals surface area contributed by atoms with Crippen LogP contribution < -0.4 is 0 Å². The second kappa shape index (κ2) is 4.08. The van der Waals surface area contributed by atoms with Crippen molar-refractivity contribution < 1.29 is 0 Å². The molecule has 0 amide bonds. The van der Waals surface area contributed by atoms with Crippen LogP contribution in [0.4, 0.5) is 0 Å². The molecule has 0 nitrogen and oxygen atoms in total. The van der Waals surface area contributed by atoms with Gasteiger partial charge in [-0.05, 0) is 40.8 Å². The summed E-state index contributed by atoms with van der Waals surface area (Å²) < 4.78 is 0. The third-order valence-electron chi connectivity index (χ3n) is 3.35. The van der Waals surface area contributed by atoms with E-state index in [-0.39, 0.29) is 0 Å². The normalized spacial score (nSPS) is 13.8. The average Bonchev–Trinajstić information content (AvgIpc) is 2.58. The molecule has 0 unspecified atom stereocenters. The van der Waals surface area contributed by atoms with Crippen molar-refractivity contribution in [3.8, 4) is 0 Å². The fourth-order valence-corrected chi connectivity index (χ4v) is 2.64. The van der Waals surface area contributed by atoms with Crippen LogP contribution in [0.5, 0.6) is 0 Å². The molecular formula is C16H14S. The first kappa shape index (κ1) is 10.7. The van der Waals surface area contributed by atoms with Gasteiger partial charge in [0.05, 0.1) is 0 Å². The zero-order valence-corrected chi connectivity index (χ0v) is 10.7. The van der Waals surface area contributed by atoms with Crippen molar-refractivity contribution in [1.29, 1.82) is 0 Å². The van der Waals surface area contributed by atoms with E-state index in [9.17, 15) is 0 Å². The first-order valence-corrected chi connectivity index (χ1v) is 6.29. The molecule has 1 heteroatoms. The van der Waals surface area contributed by atoms with Gasteiger partial charge in [0.2, 0.25) is 0 Å². The Morgan fingerprint density at radius 1 is 1.00 bits per heavy atom. The highest BCUT2D eigenvalue weighted by Gasteiger charge is 2.08. The van der Waals surface area contributed by atoms with E-state index < -0.39 is 0 Å². The van der Waals surface area contributed by atoms with Crippen LogP contribution in [0.25, 0.3) is 16.8 Å². The van der Waals surface area contributed by atoms with Crippen molar-refractivity contribution in [1.82, 2.24) is 0 Å². The van der Waals surface area contributed by atoms with E-state index in [0.29, 0.717) is 0 Å². The summed E-state index contributed by atoms with van der Waals surface area (Å²) in [5.74, 6) is 0. The molecule has 0 aliphatic heterocycles. The van der Waals surface area contributed by atoms with Crippen molar-refractivity contribution in [3.63, 3.8) is 0 Å². The van der Waals surface area contributed by atoms with Crippen LogP contribution in [0.3, 0.4) is 0 Å². The van der Waals surface area contributed by atoms with Gasteiger partial charge in [-0.3, -0.25) is 0 Å². The summed E-state index contributed by atoms with van der Waals surface area (Å²) >= 11 is 4.62. The first-order chi connectivity index (χ1) is 8.27. The Hall–Kier alpha value is -1.47. The van der Waals surface area contributed by atoms with E-state index in [0.717, 1.165) is 11.3 Å². The molecule has 2 aromatic rings. The lowest BCUT2D eigenvalue weighted by Gasteiger charge is -2.11. The van der Waals surface area contributed by atoms with E-state index in [1.165, 1.54) is 27.5 Å². The monoisotopic (exact) mass is 238 g/mol. The molecule has 1 aliphatic carbocycles. The van der Waals surface area contributed by atoms with Crippen molar-refractivity contribution in [2.45, 2.75) is 18.2 Å². The van der Waals surface area contributed by atoms with Gasteiger partial charge in [-0.2, -0.15) is 0 Å². The molecule has 84 valence electrons. The maximum Gasteiger partial charge on any atom is 0.0148 e. The summed E-state index contributed by atoms with van der Waals surface area (Å²) in [5.41, 5.74) is 3.96. The van der Waals surface area contributed by atoms with Crippen LogP contribution in [0.1, 0.15) is 16.7 Å². The number of hydrogen-bond acceptors (Lipinski definition) is 1. The first-order valence-electron chi connectivity index (χ1n) is 5.85. The van der Waals surface area contributed by atoms with E-state index in [1.807, 2.05) is 0 Å². The number of aryl methyl sites for hydroxylation is 1. The molecule has 0 aromatic heterocycles. The number of allylic oxidation sites excluding steroid dienone is 3. The smallest absolute Gasteiger partial charge is 0.0148 e. The topological polar surface area (TPSA) is 0 Å². The van der Waals surface area contributed by atoms with Crippen molar-refractivity contribution >= 4 is 29.5 Å². The largest absolute Gasteiger partial charge is 0.143 e. The minimum atomic E-state index is 1.01. The highest BCUT2D eigenvalue weighted by molar-refractivity contribution is 7.80. The molecular weight excluding hydrogens is 224 g/mol. The minimum absolute atomic E-state index is 1.01. The van der Waals surface area contributed by atoms with Crippen LogP contribution in [0.15, 0.2) is 47.4 Å². The van der Waals surface area contributed by atoms with Crippen LogP contribution >= 0.6 is 12.6 Å². The van der Waals surface area contributed by atoms with Crippen LogP contribution in [0.2, 0.25) is 0 Å². The Kier molecular flexibility index (Phi) is 2.56. The number of fused-ring (bicyclic) bond motifs is 3. The molecule has 0 heterocycles. The third-order valence-corrected chi connectivity index (χ3v) is 3.95. The highest BCUT2D eigenvalue weighted by atomic mass is 32.1. The molecule has 0 radical (unpaired) electrons. The summed E-state index contributed by atoms with van der Waals surface area (Å²) in [6.07, 6.45) is 9.63. The minimum Gasteiger partial charge on any atom is -0.143 e. The number of thiol groups is 1. The Morgan fingerprint density at radius 3 is 2.71 bits per heavy atom. The molecule has 17 heavy (non-hydrogen) atoms. The molecule has 3 rings (SSSR count). The summed E-state index contributed by atoms with van der Waals surface area (Å²) in [6.45, 7) is 2.10. The van der Waals surface area contributed by atoms with E-state index >= 15 is 0 Å². The molecule has 2 aromatic carbocycles. The van der Waals surface area contributed by atoms with Gasteiger partial charge in [0.25, 0.3) is 0 Å². The van der Waals surface area contributed by atoms with Gasteiger partial charge in [-0.15, -0.1) is 12.6 Å². The fraction of sp³-hybridized carbons (Fsp3) is 0.125. The van der Waals surface area contributed by atoms with Gasteiger partial charge in [-0.1, -0.05) is 48.6 Å². The Balaban J connectivity index is 2.40. The van der Waals surface area contributed by atoms with Crippen molar-refractivity contribution in [3.05, 3.63) is 59.2 Å². The number of rotatable bonds is 0. The Bertz CT molecular complexity index is 648. The molecule has 0 fully saturated rings. The van der Waals surface area contributed by atoms with Crippen LogP contribution in [-0.2, 0) is 6.42 Å². The molecule has 0 N–H and O–H groups in total. The SMILES string of the molecule is Cc1ccc2c3c(ccc2c1S)CC=CC=C3. The lowest BCUT2D eigenvalue weighted by Crippen LogP contribution is -1.90. The molecule has 0 atom stereocenters. The summed E-state index contributed by atoms with van der Waals surface area (Å²) in [7, 11) is 0. The summed E-state index contributed by atoms with van der Waals surface area (Å²) in [6, 6.07) is 8.77. The maximum absolute atomic E-state index is 4.62. The zero-order chi connectivity index (χ0) is 11.8. The summed E-state index contributed by atoms with van der Waals surface area (Å²) in [4.78, 5) is 1.09. The van der Waals surface area contributed by atoms with Crippen LogP contribution in [-0.4, -0.2) is 0 Å². The molecule has 0 spiro atoms. The third kappa shape index (κ3) is 1.71. The highest BCUT2D eigenvalue weighted by Crippen LogP contribution is 2.31. The van der Waals surface area contributed by atoms with E-state index in [1.54, 1.807) is 0 Å². The zero-order valence-electron chi connectivity index (χ0n) is 9.77. The second-order valence-corrected chi connectivity index (χ2v) is 4.90. The lowest BCUT2D eigenvalue weighted by molar-refractivity contribution is 1.27. The second-order valence-electron chi connectivity index (χ2n) is 4.46. The van der Waals surface area contributed by atoms with Gasteiger partial charge < -0.3 is 0 Å². The molecule has 0 bridgehead atoms. The van der Waals surface area contributed by atoms with E-state index in [4.69, 9.17) is 0 Å². The lowest BCUT2D eigenvalue weighted by atomic mass is 9.96. The van der Waals surface area contributed by atoms with E-state index in [2.05, 4.69) is 68.1 Å². The predicted molar refractivity (Wildman–Crippen MR) is 77.8 cm³/mol. The molecule has 1 aliphatic rings. The van der Waals surface area contributed by atoms with Gasteiger partial charge in [-0.25, -0.2) is 0 Å². The quantitative estimate of drug-likeness (QED) is 0.639. The molecule has 0 saturated heterocycles. The number of benzene rings is 2. The van der Waals surface area contributed by atoms with Crippen LogP contribution in [0, 0.1) is 6.92 Å².